The van der Waals surface area contributed by atoms with Gasteiger partial charge in [0.1, 0.15) is 29.9 Å². The molecule has 1 heterocycles. The molecule has 2 N–H and O–H groups in total. The summed E-state index contributed by atoms with van der Waals surface area (Å²) in [4.78, 5) is 12.4. The van der Waals surface area contributed by atoms with E-state index in [0.29, 0.717) is 40.0 Å². The normalized spacial score (nSPS) is 12.1. The van der Waals surface area contributed by atoms with E-state index in [0.717, 1.165) is 5.56 Å². The Hall–Kier alpha value is -3.75. The van der Waals surface area contributed by atoms with Gasteiger partial charge in [-0.05, 0) is 43.2 Å². The molecule has 194 valence electrons. The summed E-state index contributed by atoms with van der Waals surface area (Å²) in [5.74, 6) is -0.359. The number of carbonyl (C=O) groups is 1. The van der Waals surface area contributed by atoms with E-state index < -0.39 is 17.8 Å². The maximum absolute atomic E-state index is 15.1. The fourth-order valence-corrected chi connectivity index (χ4v) is 4.21. The van der Waals surface area contributed by atoms with Crippen LogP contribution in [0.2, 0.25) is 0 Å². The molecule has 4 aromatic rings. The van der Waals surface area contributed by atoms with Crippen molar-refractivity contribution in [2.75, 3.05) is 13.7 Å². The van der Waals surface area contributed by atoms with E-state index in [4.69, 9.17) is 24.4 Å². The zero-order valence-electron chi connectivity index (χ0n) is 21.0. The van der Waals surface area contributed by atoms with Crippen LogP contribution in [0.3, 0.4) is 0 Å². The third-order valence-electron chi connectivity index (χ3n) is 5.92. The predicted octanol–water partition coefficient (Wildman–Crippen LogP) is 5.84. The molecule has 37 heavy (non-hydrogen) atoms. The number of benzene rings is 3. The minimum absolute atomic E-state index is 0.0258. The lowest BCUT2D eigenvalue weighted by Gasteiger charge is -2.15. The van der Waals surface area contributed by atoms with Crippen molar-refractivity contribution in [3.05, 3.63) is 88.7 Å². The summed E-state index contributed by atoms with van der Waals surface area (Å²) in [6.07, 6.45) is -0.344. The Kier molecular flexibility index (Phi) is 8.21. The van der Waals surface area contributed by atoms with Gasteiger partial charge in [0, 0.05) is 47.4 Å². The first-order valence-corrected chi connectivity index (χ1v) is 11.9. The van der Waals surface area contributed by atoms with E-state index in [1.807, 2.05) is 25.1 Å². The molecule has 0 radical (unpaired) electrons. The number of rotatable bonds is 10. The lowest BCUT2D eigenvalue weighted by Crippen LogP contribution is -2.21. The van der Waals surface area contributed by atoms with Crippen molar-refractivity contribution in [2.24, 2.45) is 5.73 Å². The van der Waals surface area contributed by atoms with Gasteiger partial charge < -0.3 is 24.4 Å². The number of hydrogen-bond acceptors (Lipinski definition) is 6. The molecule has 1 unspecified atom stereocenters. The molecular formula is C29H29F2NO5. The number of fused-ring (bicyclic) bond motifs is 1. The predicted molar refractivity (Wildman–Crippen MR) is 136 cm³/mol. The summed E-state index contributed by atoms with van der Waals surface area (Å²) in [6.45, 7) is 4.10. The van der Waals surface area contributed by atoms with E-state index >= 15 is 4.39 Å². The Bertz CT molecular complexity index is 1420. The minimum Gasteiger partial charge on any atom is -0.489 e. The Labute approximate surface area is 213 Å². The van der Waals surface area contributed by atoms with Gasteiger partial charge in [0.05, 0.1) is 13.0 Å². The molecule has 0 saturated heterocycles. The van der Waals surface area contributed by atoms with Crippen molar-refractivity contribution in [1.29, 1.82) is 0 Å². The average Bonchev–Trinajstić information content (AvgIpc) is 3.24. The Morgan fingerprint density at radius 2 is 1.86 bits per heavy atom. The van der Waals surface area contributed by atoms with E-state index in [1.54, 1.807) is 44.4 Å². The molecular weight excluding hydrogens is 480 g/mol. The highest BCUT2D eigenvalue weighted by atomic mass is 19.1. The molecule has 6 nitrogen and oxygen atoms in total. The average molecular weight is 510 g/mol. The number of furan rings is 1. The second kappa shape index (κ2) is 11.5. The number of nitrogens with two attached hydrogens (primary N) is 1. The smallest absolute Gasteiger partial charge is 0.310 e. The maximum atomic E-state index is 15.1. The van der Waals surface area contributed by atoms with Crippen molar-refractivity contribution in [3.8, 4) is 16.9 Å². The van der Waals surface area contributed by atoms with Gasteiger partial charge in [0.25, 0.3) is 6.01 Å². The highest BCUT2D eigenvalue weighted by molar-refractivity contribution is 5.93. The van der Waals surface area contributed by atoms with E-state index in [2.05, 4.69) is 0 Å². The van der Waals surface area contributed by atoms with Gasteiger partial charge >= 0.3 is 5.97 Å². The summed E-state index contributed by atoms with van der Waals surface area (Å²) in [6, 6.07) is 14.4. The van der Waals surface area contributed by atoms with E-state index in [9.17, 15) is 9.18 Å². The fraction of sp³-hybridized carbons (Fsp3) is 0.276. The van der Waals surface area contributed by atoms with Gasteiger partial charge in [0.2, 0.25) is 0 Å². The van der Waals surface area contributed by atoms with Crippen LogP contribution < -0.4 is 10.5 Å². The molecule has 0 aliphatic carbocycles. The van der Waals surface area contributed by atoms with Crippen LogP contribution in [-0.4, -0.2) is 25.8 Å². The number of esters is 1. The highest BCUT2D eigenvalue weighted by Gasteiger charge is 2.18. The molecule has 0 saturated carbocycles. The summed E-state index contributed by atoms with van der Waals surface area (Å²) in [5, 5.41) is 0.478. The lowest BCUT2D eigenvalue weighted by atomic mass is 9.98. The van der Waals surface area contributed by atoms with Gasteiger partial charge in [0.15, 0.2) is 0 Å². The SMILES string of the molecule is COCC(C)OC(=O)Cc1ccc(C)cc1OCc1cc(-c2cccc(CN)c2F)c2oc(F)cc2c1. The zero-order chi connectivity index (χ0) is 26.5. The molecule has 8 heteroatoms. The van der Waals surface area contributed by atoms with Crippen molar-refractivity contribution in [1.82, 2.24) is 0 Å². The van der Waals surface area contributed by atoms with Gasteiger partial charge in [-0.15, -0.1) is 0 Å². The zero-order valence-corrected chi connectivity index (χ0v) is 21.0. The molecule has 0 aliphatic rings. The van der Waals surface area contributed by atoms with Gasteiger partial charge in [-0.3, -0.25) is 4.79 Å². The number of halogens is 2. The number of hydrogen-bond donors (Lipinski definition) is 1. The fourth-order valence-electron chi connectivity index (χ4n) is 4.21. The molecule has 0 fully saturated rings. The van der Waals surface area contributed by atoms with Crippen LogP contribution in [0.15, 0.2) is 59.0 Å². The van der Waals surface area contributed by atoms with Gasteiger partial charge in [-0.1, -0.05) is 30.3 Å². The first-order valence-electron chi connectivity index (χ1n) is 11.9. The van der Waals surface area contributed by atoms with Crippen molar-refractivity contribution in [2.45, 2.75) is 39.5 Å². The Morgan fingerprint density at radius 3 is 2.62 bits per heavy atom. The second-order valence-corrected chi connectivity index (χ2v) is 8.93. The molecule has 0 amide bonds. The second-order valence-electron chi connectivity index (χ2n) is 8.93. The molecule has 3 aromatic carbocycles. The van der Waals surface area contributed by atoms with E-state index in [1.165, 1.54) is 6.07 Å². The minimum atomic E-state index is -0.771. The first-order chi connectivity index (χ1) is 17.8. The third-order valence-corrected chi connectivity index (χ3v) is 5.92. The van der Waals surface area contributed by atoms with Crippen LogP contribution in [0.25, 0.3) is 22.1 Å². The Balaban J connectivity index is 1.63. The molecule has 1 atom stereocenters. The van der Waals surface area contributed by atoms with Crippen molar-refractivity contribution in [3.63, 3.8) is 0 Å². The van der Waals surface area contributed by atoms with Crippen molar-refractivity contribution >= 4 is 16.9 Å². The van der Waals surface area contributed by atoms with E-state index in [-0.39, 0.29) is 36.8 Å². The quantitative estimate of drug-likeness (QED) is 0.270. The third kappa shape index (κ3) is 6.15. The number of ether oxygens (including phenoxy) is 3. The van der Waals surface area contributed by atoms with Crippen LogP contribution in [-0.2, 0) is 33.8 Å². The molecule has 4 rings (SSSR count). The number of methoxy groups -OCH3 is 1. The van der Waals surface area contributed by atoms with Gasteiger partial charge in [-0.25, -0.2) is 4.39 Å². The Morgan fingerprint density at radius 1 is 1.05 bits per heavy atom. The monoisotopic (exact) mass is 509 g/mol. The number of aryl methyl sites for hydroxylation is 1. The number of carbonyl (C=O) groups excluding carboxylic acids is 1. The van der Waals surface area contributed by atoms with Crippen LogP contribution in [0.5, 0.6) is 5.75 Å². The first kappa shape index (κ1) is 26.3. The van der Waals surface area contributed by atoms with Crippen LogP contribution in [0.1, 0.15) is 29.2 Å². The van der Waals surface area contributed by atoms with Crippen LogP contribution >= 0.6 is 0 Å². The lowest BCUT2D eigenvalue weighted by molar-refractivity contribution is -0.149. The highest BCUT2D eigenvalue weighted by Crippen LogP contribution is 2.35. The summed E-state index contributed by atoms with van der Waals surface area (Å²) in [5.41, 5.74) is 9.20. The van der Waals surface area contributed by atoms with Crippen LogP contribution in [0, 0.1) is 18.8 Å². The summed E-state index contributed by atoms with van der Waals surface area (Å²) >= 11 is 0. The van der Waals surface area contributed by atoms with Gasteiger partial charge in [-0.2, -0.15) is 4.39 Å². The molecule has 0 spiro atoms. The maximum Gasteiger partial charge on any atom is 0.310 e. The van der Waals surface area contributed by atoms with Crippen LogP contribution in [0.4, 0.5) is 8.78 Å². The van der Waals surface area contributed by atoms with Crippen molar-refractivity contribution < 1.29 is 32.2 Å². The summed E-state index contributed by atoms with van der Waals surface area (Å²) in [7, 11) is 1.54. The summed E-state index contributed by atoms with van der Waals surface area (Å²) < 4.78 is 50.9. The standard InChI is InChI=1S/C29H29F2NO5/c1-17-7-8-20(13-27(33)36-18(2)15-34-3)25(9-17)35-16-19-10-22-12-26(30)37-29(22)24(11-19)23-6-4-5-21(14-32)28(23)31/h4-12,18H,13-16,32H2,1-3H3. The topological polar surface area (TPSA) is 83.9 Å². The largest absolute Gasteiger partial charge is 0.489 e. The molecule has 0 aliphatic heterocycles. The molecule has 0 bridgehead atoms. The molecule has 1 aromatic heterocycles.